The zero-order valence-corrected chi connectivity index (χ0v) is 15.8. The molecule has 2 N–H and O–H groups in total. The Hall–Kier alpha value is -0.850. The summed E-state index contributed by atoms with van der Waals surface area (Å²) >= 11 is 0. The summed E-state index contributed by atoms with van der Waals surface area (Å²) in [5, 5.41) is 0. The van der Waals surface area contributed by atoms with E-state index >= 15 is 0 Å². The highest BCUT2D eigenvalue weighted by Crippen LogP contribution is 2.28. The number of carbonyl (C=O) groups excluding carboxylic acids is 2. The molecule has 3 aliphatic rings. The number of amides is 2. The second-order valence-electron chi connectivity index (χ2n) is 7.47. The monoisotopic (exact) mass is 373 g/mol. The molecule has 25 heavy (non-hydrogen) atoms. The molecule has 0 spiro atoms. The predicted molar refractivity (Wildman–Crippen MR) is 98.5 cm³/mol. The van der Waals surface area contributed by atoms with Gasteiger partial charge in [0, 0.05) is 39.1 Å². The molecule has 2 heterocycles. The number of rotatable bonds is 4. The quantitative estimate of drug-likeness (QED) is 0.811. The molecule has 0 aromatic carbocycles. The van der Waals surface area contributed by atoms with Crippen molar-refractivity contribution < 1.29 is 14.3 Å². The van der Waals surface area contributed by atoms with E-state index in [4.69, 9.17) is 10.5 Å². The molecule has 2 atom stereocenters. The van der Waals surface area contributed by atoms with E-state index in [0.717, 1.165) is 32.4 Å². The van der Waals surface area contributed by atoms with E-state index in [1.807, 2.05) is 9.80 Å². The maximum atomic E-state index is 12.6. The number of nitrogens with zero attached hydrogens (tertiary/aromatic N) is 2. The van der Waals surface area contributed by atoms with Gasteiger partial charge in [-0.1, -0.05) is 12.8 Å². The minimum Gasteiger partial charge on any atom is -0.364 e. The smallest absolute Gasteiger partial charge is 0.251 e. The Labute approximate surface area is 156 Å². The van der Waals surface area contributed by atoms with Gasteiger partial charge in [0.2, 0.25) is 5.91 Å². The van der Waals surface area contributed by atoms with Crippen molar-refractivity contribution in [1.82, 2.24) is 9.80 Å². The van der Waals surface area contributed by atoms with E-state index in [1.165, 1.54) is 25.7 Å². The van der Waals surface area contributed by atoms with E-state index in [1.54, 1.807) is 0 Å². The van der Waals surface area contributed by atoms with E-state index < -0.39 is 0 Å². The average Bonchev–Trinajstić information content (AvgIpc) is 3.21. The minimum atomic E-state index is -0.334. The summed E-state index contributed by atoms with van der Waals surface area (Å²) in [5.41, 5.74) is 5.62. The predicted octanol–water partition coefficient (Wildman–Crippen LogP) is 1.56. The normalized spacial score (nSPS) is 27.9. The van der Waals surface area contributed by atoms with Gasteiger partial charge >= 0.3 is 0 Å². The Morgan fingerprint density at radius 2 is 1.60 bits per heavy atom. The van der Waals surface area contributed by atoms with Crippen LogP contribution in [0.3, 0.4) is 0 Å². The molecule has 0 aromatic rings. The molecule has 3 rings (SSSR count). The Bertz CT molecular complexity index is 457. The Balaban J connectivity index is 0.00000225. The summed E-state index contributed by atoms with van der Waals surface area (Å²) in [5.74, 6) is 0.936. The number of nitrogens with two attached hydrogens (primary N) is 1. The van der Waals surface area contributed by atoms with Crippen LogP contribution in [0.1, 0.15) is 51.4 Å². The molecule has 0 aromatic heterocycles. The topological polar surface area (TPSA) is 75.9 Å². The van der Waals surface area contributed by atoms with Crippen molar-refractivity contribution in [1.29, 1.82) is 0 Å². The van der Waals surface area contributed by atoms with Gasteiger partial charge in [0.25, 0.3) is 5.91 Å². The van der Waals surface area contributed by atoms with Crippen LogP contribution in [0.2, 0.25) is 0 Å². The fourth-order valence-corrected chi connectivity index (χ4v) is 4.24. The van der Waals surface area contributed by atoms with E-state index in [0.29, 0.717) is 32.0 Å². The second kappa shape index (κ2) is 9.74. The molecule has 144 valence electrons. The fraction of sp³-hybridized carbons (Fsp3) is 0.889. The average molecular weight is 374 g/mol. The lowest BCUT2D eigenvalue weighted by atomic mass is 10.0. The number of carbonyl (C=O) groups is 2. The summed E-state index contributed by atoms with van der Waals surface area (Å²) < 4.78 is 5.73. The van der Waals surface area contributed by atoms with Gasteiger partial charge in [0.05, 0.1) is 6.10 Å². The molecule has 3 fully saturated rings. The fourth-order valence-electron chi connectivity index (χ4n) is 4.24. The molecule has 6 nitrogen and oxygen atoms in total. The van der Waals surface area contributed by atoms with Crippen LogP contribution < -0.4 is 5.73 Å². The third kappa shape index (κ3) is 5.31. The molecule has 2 aliphatic heterocycles. The second-order valence-corrected chi connectivity index (χ2v) is 7.47. The van der Waals surface area contributed by atoms with E-state index in [-0.39, 0.29) is 36.4 Å². The van der Waals surface area contributed by atoms with Crippen molar-refractivity contribution in [2.75, 3.05) is 32.7 Å². The van der Waals surface area contributed by atoms with E-state index in [2.05, 4.69) is 0 Å². The Morgan fingerprint density at radius 1 is 0.920 bits per heavy atom. The van der Waals surface area contributed by atoms with Crippen LogP contribution in [0.4, 0.5) is 0 Å². The summed E-state index contributed by atoms with van der Waals surface area (Å²) in [6, 6.07) is 0. The highest BCUT2D eigenvalue weighted by molar-refractivity contribution is 5.85. The molecular formula is C18H32ClN3O3. The standard InChI is InChI=1S/C18H31N3O3.ClH/c19-13-15-6-7-16(24-15)18(23)21-9-3-8-20(10-11-21)17(22)12-14-4-1-2-5-14;/h14-16H,1-13,19H2;1H/t15-,16+;/m1./s1. The minimum absolute atomic E-state index is 0. The number of ether oxygens (including phenoxy) is 1. The Morgan fingerprint density at radius 3 is 2.28 bits per heavy atom. The van der Waals surface area contributed by atoms with Gasteiger partial charge in [-0.15, -0.1) is 12.4 Å². The van der Waals surface area contributed by atoms with Crippen LogP contribution in [0, 0.1) is 5.92 Å². The SMILES string of the molecule is Cl.NC[C@H]1CC[C@@H](C(=O)N2CCCN(C(=O)CC3CCCC3)CC2)O1. The first-order valence-electron chi connectivity index (χ1n) is 9.59. The first-order valence-corrected chi connectivity index (χ1v) is 9.59. The molecule has 7 heteroatoms. The van der Waals surface area contributed by atoms with Crippen LogP contribution in [-0.2, 0) is 14.3 Å². The largest absolute Gasteiger partial charge is 0.364 e. The van der Waals surface area contributed by atoms with Crippen LogP contribution >= 0.6 is 12.4 Å². The molecule has 2 amide bonds. The number of hydrogen-bond acceptors (Lipinski definition) is 4. The summed E-state index contributed by atoms with van der Waals surface area (Å²) in [7, 11) is 0. The van der Waals surface area contributed by atoms with Crippen molar-refractivity contribution in [2.24, 2.45) is 11.7 Å². The summed E-state index contributed by atoms with van der Waals surface area (Å²) in [6.45, 7) is 3.26. The molecule has 0 radical (unpaired) electrons. The highest BCUT2D eigenvalue weighted by Gasteiger charge is 2.34. The third-order valence-electron chi connectivity index (χ3n) is 5.74. The van der Waals surface area contributed by atoms with Crippen molar-refractivity contribution in [3.05, 3.63) is 0 Å². The van der Waals surface area contributed by atoms with Crippen molar-refractivity contribution in [3.63, 3.8) is 0 Å². The lowest BCUT2D eigenvalue weighted by molar-refractivity contribution is -0.143. The van der Waals surface area contributed by atoms with Crippen molar-refractivity contribution in [3.8, 4) is 0 Å². The molecule has 1 saturated carbocycles. The summed E-state index contributed by atoms with van der Waals surface area (Å²) in [6.07, 6.45) is 7.81. The Kier molecular flexibility index (Phi) is 7.97. The van der Waals surface area contributed by atoms with Gasteiger partial charge in [-0.3, -0.25) is 9.59 Å². The van der Waals surface area contributed by atoms with Crippen molar-refractivity contribution in [2.45, 2.75) is 63.6 Å². The summed E-state index contributed by atoms with van der Waals surface area (Å²) in [4.78, 5) is 29.0. The van der Waals surface area contributed by atoms with Gasteiger partial charge < -0.3 is 20.3 Å². The van der Waals surface area contributed by atoms with Gasteiger partial charge in [-0.05, 0) is 38.0 Å². The van der Waals surface area contributed by atoms with Crippen LogP contribution in [0.15, 0.2) is 0 Å². The lowest BCUT2D eigenvalue weighted by Crippen LogP contribution is -2.42. The van der Waals surface area contributed by atoms with Gasteiger partial charge in [-0.25, -0.2) is 0 Å². The van der Waals surface area contributed by atoms with Crippen molar-refractivity contribution >= 4 is 24.2 Å². The van der Waals surface area contributed by atoms with Gasteiger partial charge in [-0.2, -0.15) is 0 Å². The molecule has 0 bridgehead atoms. The van der Waals surface area contributed by atoms with Crippen LogP contribution in [0.25, 0.3) is 0 Å². The zero-order valence-electron chi connectivity index (χ0n) is 15.0. The number of halogens is 1. The number of hydrogen-bond donors (Lipinski definition) is 1. The first kappa shape index (κ1) is 20.5. The first-order chi connectivity index (χ1) is 11.7. The van der Waals surface area contributed by atoms with Gasteiger partial charge in [0.15, 0.2) is 0 Å². The lowest BCUT2D eigenvalue weighted by Gasteiger charge is -2.25. The molecule has 1 aliphatic carbocycles. The van der Waals surface area contributed by atoms with Crippen LogP contribution in [0.5, 0.6) is 0 Å². The molecule has 0 unspecified atom stereocenters. The molecular weight excluding hydrogens is 342 g/mol. The van der Waals surface area contributed by atoms with Crippen LogP contribution in [-0.4, -0.2) is 66.5 Å². The maximum Gasteiger partial charge on any atom is 0.251 e. The van der Waals surface area contributed by atoms with Gasteiger partial charge in [0.1, 0.15) is 6.10 Å². The van der Waals surface area contributed by atoms with E-state index in [9.17, 15) is 9.59 Å². The molecule has 2 saturated heterocycles. The highest BCUT2D eigenvalue weighted by atomic mass is 35.5. The maximum absolute atomic E-state index is 12.6. The third-order valence-corrected chi connectivity index (χ3v) is 5.74. The zero-order chi connectivity index (χ0) is 16.9.